The van der Waals surface area contributed by atoms with Gasteiger partial charge in [0.25, 0.3) is 0 Å². The van der Waals surface area contributed by atoms with Gasteiger partial charge in [-0.25, -0.2) is 19.3 Å². The van der Waals surface area contributed by atoms with E-state index in [4.69, 9.17) is 20.3 Å². The number of anilines is 1. The Bertz CT molecular complexity index is 850. The van der Waals surface area contributed by atoms with Crippen LogP contribution in [0.5, 0.6) is 0 Å². The van der Waals surface area contributed by atoms with E-state index in [0.29, 0.717) is 11.2 Å². The molecule has 4 N–H and O–H groups in total. The number of nitrogen functional groups attached to an aromatic ring is 1. The molecule has 24 heavy (non-hydrogen) atoms. The van der Waals surface area contributed by atoms with E-state index in [9.17, 15) is 8.96 Å². The molecule has 0 bridgehead atoms. The number of ether oxygens (including phenoxy) is 1. The second-order valence-corrected chi connectivity index (χ2v) is 7.24. The molecular weight excluding hydrogens is 340 g/mol. The Morgan fingerprint density at radius 1 is 1.50 bits per heavy atom. The molecule has 0 saturated heterocycles. The Hall–Kier alpha value is -1.87. The van der Waals surface area contributed by atoms with Crippen LogP contribution in [0.1, 0.15) is 25.8 Å². The van der Waals surface area contributed by atoms with Gasteiger partial charge in [-0.1, -0.05) is 6.92 Å². The number of fused-ring (bicyclic) bond motifs is 1. The number of nitrogens with two attached hydrogens (primary N) is 1. The third-order valence-corrected chi connectivity index (χ3v) is 4.60. The molecule has 0 radical (unpaired) electrons. The minimum atomic E-state index is -4.40. The van der Waals surface area contributed by atoms with Crippen LogP contribution in [0, 0.1) is 0 Å². The highest BCUT2D eigenvalue weighted by atomic mass is 31.2. The van der Waals surface area contributed by atoms with Crippen molar-refractivity contribution >= 4 is 24.6 Å². The number of halogens is 1. The van der Waals surface area contributed by atoms with Crippen LogP contribution >= 0.6 is 7.60 Å². The minimum absolute atomic E-state index is 0.171. The predicted molar refractivity (Wildman–Crippen MR) is 83.6 cm³/mol. The van der Waals surface area contributed by atoms with Crippen molar-refractivity contribution in [3.8, 4) is 0 Å². The van der Waals surface area contributed by atoms with Gasteiger partial charge >= 0.3 is 7.60 Å². The van der Waals surface area contributed by atoms with E-state index in [2.05, 4.69) is 15.0 Å². The first-order chi connectivity index (χ1) is 11.3. The minimum Gasteiger partial charge on any atom is -0.382 e. The Labute approximate surface area is 136 Å². The fourth-order valence-corrected chi connectivity index (χ4v) is 3.27. The second-order valence-electron chi connectivity index (χ2n) is 5.66. The smallest absolute Gasteiger partial charge is 0.351 e. The molecule has 0 fully saturated rings. The number of nitrogens with zero attached hydrogens (tertiary/aromatic N) is 4. The Kier molecular flexibility index (Phi) is 4.16. The molecule has 1 aliphatic rings. The molecule has 0 aliphatic heterocycles. The quantitative estimate of drug-likeness (QED) is 0.685. The summed E-state index contributed by atoms with van der Waals surface area (Å²) in [6.45, 7) is 1.70. The van der Waals surface area contributed by atoms with Crippen molar-refractivity contribution in [2.45, 2.75) is 31.4 Å². The SMILES string of the molecule is CCC1(OCP(=O)(O)O)CC(n2cnc3c(N)ncnc32)C=C1F. The molecule has 3 rings (SSSR count). The van der Waals surface area contributed by atoms with Gasteiger partial charge in [0.2, 0.25) is 0 Å². The molecule has 2 aromatic rings. The third kappa shape index (κ3) is 2.93. The molecule has 0 saturated carbocycles. The van der Waals surface area contributed by atoms with Crippen LogP contribution in [0.2, 0.25) is 0 Å². The van der Waals surface area contributed by atoms with Crippen molar-refractivity contribution in [2.75, 3.05) is 12.1 Å². The zero-order valence-electron chi connectivity index (χ0n) is 12.8. The largest absolute Gasteiger partial charge is 0.382 e. The summed E-state index contributed by atoms with van der Waals surface area (Å²) in [4.78, 5) is 30.1. The number of aromatic nitrogens is 4. The Balaban J connectivity index is 1.92. The number of hydrogen-bond acceptors (Lipinski definition) is 6. The molecule has 11 heteroatoms. The summed E-state index contributed by atoms with van der Waals surface area (Å²) in [5.74, 6) is -0.340. The lowest BCUT2D eigenvalue weighted by Crippen LogP contribution is -2.32. The zero-order valence-corrected chi connectivity index (χ0v) is 13.7. The molecule has 9 nitrogen and oxygen atoms in total. The van der Waals surface area contributed by atoms with Gasteiger partial charge in [-0.15, -0.1) is 0 Å². The Morgan fingerprint density at radius 2 is 2.25 bits per heavy atom. The standard InChI is InChI=1S/C13H17FN5O4P/c1-2-13(23-7-24(20,21)22)4-8(3-9(13)14)19-6-18-10-11(15)16-5-17-12(10)19/h3,5-6,8H,2,4,7H2,1H3,(H2,15,16,17)(H2,20,21,22). The van der Waals surface area contributed by atoms with Gasteiger partial charge in [0, 0.05) is 6.42 Å². The maximum Gasteiger partial charge on any atom is 0.351 e. The monoisotopic (exact) mass is 357 g/mol. The van der Waals surface area contributed by atoms with Crippen molar-refractivity contribution in [3.05, 3.63) is 24.6 Å². The van der Waals surface area contributed by atoms with E-state index in [0.717, 1.165) is 0 Å². The molecule has 0 spiro atoms. The number of imidazole rings is 1. The van der Waals surface area contributed by atoms with Crippen molar-refractivity contribution < 1.29 is 23.5 Å². The highest BCUT2D eigenvalue weighted by Gasteiger charge is 2.44. The lowest BCUT2D eigenvalue weighted by Gasteiger charge is -2.29. The van der Waals surface area contributed by atoms with E-state index in [1.165, 1.54) is 18.7 Å². The molecule has 2 atom stereocenters. The fourth-order valence-electron chi connectivity index (χ4n) is 2.86. The van der Waals surface area contributed by atoms with Crippen molar-refractivity contribution in [3.63, 3.8) is 0 Å². The van der Waals surface area contributed by atoms with Gasteiger partial charge in [-0.3, -0.25) is 4.57 Å². The Morgan fingerprint density at radius 3 is 2.92 bits per heavy atom. The summed E-state index contributed by atoms with van der Waals surface area (Å²) >= 11 is 0. The first-order valence-corrected chi connectivity index (χ1v) is 9.05. The number of hydrogen-bond donors (Lipinski definition) is 3. The van der Waals surface area contributed by atoms with E-state index >= 15 is 0 Å². The van der Waals surface area contributed by atoms with E-state index in [1.54, 1.807) is 11.5 Å². The predicted octanol–water partition coefficient (Wildman–Crippen LogP) is 1.51. The first-order valence-electron chi connectivity index (χ1n) is 7.25. The molecule has 130 valence electrons. The van der Waals surface area contributed by atoms with Gasteiger partial charge in [-0.2, -0.15) is 0 Å². The van der Waals surface area contributed by atoms with Crippen LogP contribution < -0.4 is 5.73 Å². The third-order valence-electron chi connectivity index (χ3n) is 4.14. The van der Waals surface area contributed by atoms with Gasteiger partial charge in [0.15, 0.2) is 11.5 Å². The number of rotatable bonds is 5. The number of allylic oxidation sites excluding steroid dienone is 1. The summed E-state index contributed by atoms with van der Waals surface area (Å²) in [5.41, 5.74) is 5.24. The fraction of sp³-hybridized carbons (Fsp3) is 0.462. The highest BCUT2D eigenvalue weighted by Crippen LogP contribution is 2.46. The summed E-state index contributed by atoms with van der Waals surface area (Å²) < 4.78 is 32.5. The second kappa shape index (κ2) is 5.89. The average molecular weight is 357 g/mol. The molecular formula is C13H17FN5O4P. The average Bonchev–Trinajstić information content (AvgIpc) is 3.07. The maximum atomic E-state index is 14.5. The van der Waals surface area contributed by atoms with Crippen molar-refractivity contribution in [1.29, 1.82) is 0 Å². The van der Waals surface area contributed by atoms with Gasteiger partial charge < -0.3 is 24.8 Å². The molecule has 2 unspecified atom stereocenters. The van der Waals surface area contributed by atoms with Gasteiger partial charge in [0.1, 0.15) is 29.6 Å². The summed E-state index contributed by atoms with van der Waals surface area (Å²) in [6.07, 6.45) is 3.69. The van der Waals surface area contributed by atoms with Gasteiger partial charge in [-0.05, 0) is 12.5 Å². The summed E-state index contributed by atoms with van der Waals surface area (Å²) in [5, 5.41) is 0. The van der Waals surface area contributed by atoms with Gasteiger partial charge in [0.05, 0.1) is 12.4 Å². The zero-order chi connectivity index (χ0) is 17.5. The normalized spacial score (nSPS) is 24.5. The van der Waals surface area contributed by atoms with Crippen molar-refractivity contribution in [2.24, 2.45) is 0 Å². The van der Waals surface area contributed by atoms with Crippen molar-refractivity contribution in [1.82, 2.24) is 19.5 Å². The van der Waals surface area contributed by atoms with E-state index < -0.39 is 31.4 Å². The van der Waals surface area contributed by atoms with E-state index in [-0.39, 0.29) is 18.7 Å². The van der Waals surface area contributed by atoms with Crippen LogP contribution in [0.4, 0.5) is 10.2 Å². The molecule has 1 aliphatic carbocycles. The van der Waals surface area contributed by atoms with Crippen LogP contribution in [0.3, 0.4) is 0 Å². The summed E-state index contributed by atoms with van der Waals surface area (Å²) in [7, 11) is -4.40. The molecule has 0 amide bonds. The lowest BCUT2D eigenvalue weighted by molar-refractivity contribution is -0.0196. The van der Waals surface area contributed by atoms with Crippen LogP contribution in [-0.4, -0.2) is 41.3 Å². The van der Waals surface area contributed by atoms with E-state index in [1.807, 2.05) is 0 Å². The topological polar surface area (TPSA) is 136 Å². The van der Waals surface area contributed by atoms with Crippen LogP contribution in [-0.2, 0) is 9.30 Å². The van der Waals surface area contributed by atoms with Crippen LogP contribution in [0.15, 0.2) is 24.6 Å². The van der Waals surface area contributed by atoms with Crippen LogP contribution in [0.25, 0.3) is 11.2 Å². The lowest BCUT2D eigenvalue weighted by atomic mass is 9.98. The maximum absolute atomic E-state index is 14.5. The molecule has 2 aromatic heterocycles. The molecule has 2 heterocycles. The first kappa shape index (κ1) is 17.0. The summed E-state index contributed by atoms with van der Waals surface area (Å²) in [6, 6.07) is -0.457. The highest BCUT2D eigenvalue weighted by molar-refractivity contribution is 7.51. The molecule has 0 aromatic carbocycles.